The van der Waals surface area contributed by atoms with E-state index in [0.717, 1.165) is 38.5 Å². The topological polar surface area (TPSA) is 89.9 Å². The van der Waals surface area contributed by atoms with Crippen LogP contribution >= 0.6 is 0 Å². The summed E-state index contributed by atoms with van der Waals surface area (Å²) in [7, 11) is 0. The molecule has 0 atom stereocenters. The summed E-state index contributed by atoms with van der Waals surface area (Å²) < 4.78 is 10.7. The Morgan fingerprint density at radius 1 is 0.600 bits per heavy atom. The first-order valence-corrected chi connectivity index (χ1v) is 13.7. The van der Waals surface area contributed by atoms with Gasteiger partial charge in [-0.15, -0.1) is 0 Å². The van der Waals surface area contributed by atoms with E-state index in [1.807, 2.05) is 0 Å². The average Bonchev–Trinajstić information content (AvgIpc) is 2.86. The molecule has 6 heteroatoms. The van der Waals surface area contributed by atoms with Gasteiger partial charge >= 0.3 is 17.9 Å². The number of unbranched alkanes of at least 4 members (excludes halogenated alkanes) is 14. The van der Waals surface area contributed by atoms with Crippen molar-refractivity contribution in [1.82, 2.24) is 0 Å². The maximum Gasteiger partial charge on any atom is 0.339 e. The van der Waals surface area contributed by atoms with Crippen LogP contribution < -0.4 is 0 Å². The zero-order valence-corrected chi connectivity index (χ0v) is 21.9. The van der Waals surface area contributed by atoms with Crippen LogP contribution in [0.1, 0.15) is 148 Å². The Balaban J connectivity index is 2.48. The largest absolute Gasteiger partial charge is 0.478 e. The van der Waals surface area contributed by atoms with Gasteiger partial charge in [0.25, 0.3) is 0 Å². The summed E-state index contributed by atoms with van der Waals surface area (Å²) in [6.07, 6.45) is 18.1. The highest BCUT2D eigenvalue weighted by atomic mass is 16.5. The number of hydrogen-bond acceptors (Lipinski definition) is 5. The van der Waals surface area contributed by atoms with Crippen molar-refractivity contribution in [2.75, 3.05) is 13.2 Å². The number of ether oxygens (including phenoxy) is 2. The Labute approximate surface area is 211 Å². The van der Waals surface area contributed by atoms with Crippen LogP contribution in [0.25, 0.3) is 0 Å². The van der Waals surface area contributed by atoms with Gasteiger partial charge in [0.15, 0.2) is 0 Å². The molecule has 0 unspecified atom stereocenters. The summed E-state index contributed by atoms with van der Waals surface area (Å²) in [5.74, 6) is -2.47. The molecule has 0 bridgehead atoms. The number of hydrogen-bond donors (Lipinski definition) is 1. The van der Waals surface area contributed by atoms with Crippen LogP contribution in [0.15, 0.2) is 18.2 Å². The van der Waals surface area contributed by atoms with Crippen LogP contribution in [0.4, 0.5) is 0 Å². The van der Waals surface area contributed by atoms with E-state index in [1.165, 1.54) is 82.4 Å². The highest BCUT2D eigenvalue weighted by molar-refractivity contribution is 6.05. The summed E-state index contributed by atoms with van der Waals surface area (Å²) in [6, 6.07) is 3.85. The summed E-state index contributed by atoms with van der Waals surface area (Å²) in [5.41, 5.74) is -0.0652. The van der Waals surface area contributed by atoms with Gasteiger partial charge in [0, 0.05) is 0 Å². The van der Waals surface area contributed by atoms with Crippen molar-refractivity contribution in [2.45, 2.75) is 117 Å². The first-order valence-electron chi connectivity index (χ1n) is 13.7. The van der Waals surface area contributed by atoms with E-state index in [1.54, 1.807) is 0 Å². The molecule has 0 heterocycles. The number of rotatable bonds is 21. The monoisotopic (exact) mass is 490 g/mol. The zero-order chi connectivity index (χ0) is 25.7. The van der Waals surface area contributed by atoms with Crippen LogP contribution in [0.2, 0.25) is 0 Å². The van der Waals surface area contributed by atoms with Gasteiger partial charge in [-0.3, -0.25) is 0 Å². The van der Waals surface area contributed by atoms with Crippen LogP contribution in [0, 0.1) is 0 Å². The second kappa shape index (κ2) is 19.9. The van der Waals surface area contributed by atoms with Crippen LogP contribution in [0.5, 0.6) is 0 Å². The molecule has 0 saturated heterocycles. The average molecular weight is 491 g/mol. The van der Waals surface area contributed by atoms with E-state index in [2.05, 4.69) is 13.8 Å². The molecule has 1 aromatic carbocycles. The number of esters is 2. The minimum absolute atomic E-state index is 0.0506. The molecule has 0 aliphatic heterocycles. The quantitative estimate of drug-likeness (QED) is 0.139. The third-order valence-corrected chi connectivity index (χ3v) is 6.17. The van der Waals surface area contributed by atoms with Crippen LogP contribution in [-0.2, 0) is 9.47 Å². The van der Waals surface area contributed by atoms with Gasteiger partial charge in [-0.1, -0.05) is 104 Å². The van der Waals surface area contributed by atoms with Crippen LogP contribution in [0.3, 0.4) is 0 Å². The third-order valence-electron chi connectivity index (χ3n) is 6.17. The van der Waals surface area contributed by atoms with Crippen molar-refractivity contribution in [1.29, 1.82) is 0 Å². The van der Waals surface area contributed by atoms with Crippen molar-refractivity contribution >= 4 is 17.9 Å². The Morgan fingerprint density at radius 2 is 1.00 bits per heavy atom. The molecule has 1 N–H and O–H groups in total. The normalized spacial score (nSPS) is 10.8. The lowest BCUT2D eigenvalue weighted by Gasteiger charge is -2.11. The highest BCUT2D eigenvalue weighted by Gasteiger charge is 2.21. The van der Waals surface area contributed by atoms with Gasteiger partial charge in [-0.25, -0.2) is 14.4 Å². The lowest BCUT2D eigenvalue weighted by molar-refractivity contribution is 0.0450. The third kappa shape index (κ3) is 13.9. The fourth-order valence-electron chi connectivity index (χ4n) is 3.98. The molecule has 0 radical (unpaired) electrons. The van der Waals surface area contributed by atoms with Gasteiger partial charge in [0.05, 0.1) is 29.9 Å². The fourth-order valence-corrected chi connectivity index (χ4v) is 3.98. The number of carbonyl (C=O) groups is 3. The molecular weight excluding hydrogens is 444 g/mol. The van der Waals surface area contributed by atoms with E-state index >= 15 is 0 Å². The standard InChI is InChI=1S/C29H46O6/c1-3-5-7-9-11-13-15-17-21-34-28(32)25-20-19-24(27(30)31)23-26(25)29(33)35-22-18-16-14-12-10-8-6-4-2/h19-20,23H,3-18,21-22H2,1-2H3,(H,30,31). The molecular formula is C29H46O6. The van der Waals surface area contributed by atoms with Gasteiger partial charge in [-0.05, 0) is 31.0 Å². The summed E-state index contributed by atoms with van der Waals surface area (Å²) in [5, 5.41) is 9.29. The first-order chi connectivity index (χ1) is 17.0. The maximum absolute atomic E-state index is 12.7. The predicted molar refractivity (Wildman–Crippen MR) is 139 cm³/mol. The summed E-state index contributed by atoms with van der Waals surface area (Å²) in [6.45, 7) is 4.92. The van der Waals surface area contributed by atoms with Crippen molar-refractivity contribution in [3.63, 3.8) is 0 Å². The summed E-state index contributed by atoms with van der Waals surface area (Å²) >= 11 is 0. The van der Waals surface area contributed by atoms with E-state index in [9.17, 15) is 19.5 Å². The molecule has 0 aliphatic rings. The maximum atomic E-state index is 12.7. The smallest absolute Gasteiger partial charge is 0.339 e. The molecule has 0 spiro atoms. The lowest BCUT2D eigenvalue weighted by Crippen LogP contribution is -2.16. The van der Waals surface area contributed by atoms with Crippen molar-refractivity contribution < 1.29 is 29.0 Å². The molecule has 0 aliphatic carbocycles. The van der Waals surface area contributed by atoms with E-state index in [-0.39, 0.29) is 29.9 Å². The molecule has 0 fully saturated rings. The van der Waals surface area contributed by atoms with Crippen LogP contribution in [-0.4, -0.2) is 36.2 Å². The predicted octanol–water partition coefficient (Wildman–Crippen LogP) is 7.98. The molecule has 1 rings (SSSR count). The second-order valence-electron chi connectivity index (χ2n) is 9.29. The minimum Gasteiger partial charge on any atom is -0.478 e. The molecule has 0 saturated carbocycles. The molecule has 6 nitrogen and oxygen atoms in total. The Morgan fingerprint density at radius 3 is 1.43 bits per heavy atom. The van der Waals surface area contributed by atoms with E-state index in [4.69, 9.17) is 9.47 Å². The van der Waals surface area contributed by atoms with Gasteiger partial charge < -0.3 is 14.6 Å². The van der Waals surface area contributed by atoms with Gasteiger partial charge in [-0.2, -0.15) is 0 Å². The van der Waals surface area contributed by atoms with Crippen molar-refractivity contribution in [2.24, 2.45) is 0 Å². The first kappa shape index (κ1) is 30.7. The van der Waals surface area contributed by atoms with Crippen molar-refractivity contribution in [3.8, 4) is 0 Å². The summed E-state index contributed by atoms with van der Waals surface area (Å²) in [4.78, 5) is 36.6. The fraction of sp³-hybridized carbons (Fsp3) is 0.690. The Bertz CT molecular complexity index is 743. The Kier molecular flexibility index (Phi) is 17.4. The second-order valence-corrected chi connectivity index (χ2v) is 9.29. The number of aromatic carboxylic acids is 1. The van der Waals surface area contributed by atoms with Gasteiger partial charge in [0.1, 0.15) is 0 Å². The molecule has 198 valence electrons. The van der Waals surface area contributed by atoms with E-state index < -0.39 is 17.9 Å². The SMILES string of the molecule is CCCCCCCCCCOC(=O)c1ccc(C(=O)O)cc1C(=O)OCCCCCCCCCC. The molecule has 0 aromatic heterocycles. The lowest BCUT2D eigenvalue weighted by atomic mass is 10.0. The van der Waals surface area contributed by atoms with Crippen molar-refractivity contribution in [3.05, 3.63) is 34.9 Å². The van der Waals surface area contributed by atoms with Gasteiger partial charge in [0.2, 0.25) is 0 Å². The zero-order valence-electron chi connectivity index (χ0n) is 21.9. The minimum atomic E-state index is -1.17. The Hall–Kier alpha value is -2.37. The number of carboxylic acids is 1. The number of benzene rings is 1. The molecule has 1 aromatic rings. The number of carbonyl (C=O) groups excluding carboxylic acids is 2. The molecule has 35 heavy (non-hydrogen) atoms. The molecule has 0 amide bonds. The number of carboxylic acid groups (broad SMARTS) is 1. The van der Waals surface area contributed by atoms with E-state index in [0.29, 0.717) is 0 Å². The highest BCUT2D eigenvalue weighted by Crippen LogP contribution is 2.17.